The number of benzene rings is 2. The molecular formula is C16H11BrFNO2. The zero-order valence-electron chi connectivity index (χ0n) is 11.0. The average molecular weight is 348 g/mol. The maximum atomic E-state index is 13.5. The fourth-order valence-corrected chi connectivity index (χ4v) is 2.83. The molecule has 1 aliphatic heterocycles. The van der Waals surface area contributed by atoms with Gasteiger partial charge in [0.1, 0.15) is 5.82 Å². The van der Waals surface area contributed by atoms with Crippen LogP contribution in [0.5, 0.6) is 0 Å². The third-order valence-electron chi connectivity index (χ3n) is 3.49. The Hall–Kier alpha value is -2.01. The summed E-state index contributed by atoms with van der Waals surface area (Å²) in [5, 5.41) is 2.75. The Bertz CT molecular complexity index is 758. The first-order chi connectivity index (χ1) is 10.1. The lowest BCUT2D eigenvalue weighted by molar-refractivity contribution is 0.0946. The van der Waals surface area contributed by atoms with E-state index in [2.05, 4.69) is 21.2 Å². The van der Waals surface area contributed by atoms with Gasteiger partial charge in [0.2, 0.25) is 0 Å². The number of halogens is 2. The number of fused-ring (bicyclic) bond motifs is 1. The summed E-state index contributed by atoms with van der Waals surface area (Å²) in [5.41, 5.74) is 2.05. The molecule has 21 heavy (non-hydrogen) atoms. The molecule has 0 spiro atoms. The monoisotopic (exact) mass is 347 g/mol. The molecule has 0 aliphatic carbocycles. The summed E-state index contributed by atoms with van der Waals surface area (Å²) in [7, 11) is 0. The number of carbonyl (C=O) groups is 2. The molecule has 1 heterocycles. The van der Waals surface area contributed by atoms with Crippen molar-refractivity contribution in [3.8, 4) is 0 Å². The Kier molecular flexibility index (Phi) is 3.59. The number of ketones is 1. The summed E-state index contributed by atoms with van der Waals surface area (Å²) in [6, 6.07) is 9.35. The summed E-state index contributed by atoms with van der Waals surface area (Å²) in [5.74, 6) is -0.983. The van der Waals surface area contributed by atoms with Crippen molar-refractivity contribution in [2.75, 3.05) is 6.54 Å². The molecule has 0 bridgehead atoms. The third-order valence-corrected chi connectivity index (χ3v) is 4.30. The molecule has 1 N–H and O–H groups in total. The summed E-state index contributed by atoms with van der Waals surface area (Å²) in [4.78, 5) is 24.3. The summed E-state index contributed by atoms with van der Waals surface area (Å²) in [6.07, 6.45) is 0.749. The van der Waals surface area contributed by atoms with E-state index in [1.165, 1.54) is 12.1 Å². The minimum absolute atomic E-state index is 0.136. The van der Waals surface area contributed by atoms with E-state index in [4.69, 9.17) is 0 Å². The van der Waals surface area contributed by atoms with Crippen LogP contribution in [0, 0.1) is 5.82 Å². The van der Waals surface area contributed by atoms with E-state index in [0.29, 0.717) is 17.7 Å². The van der Waals surface area contributed by atoms with Gasteiger partial charge in [0, 0.05) is 23.2 Å². The second-order valence-electron chi connectivity index (χ2n) is 4.81. The molecule has 5 heteroatoms. The molecule has 2 aromatic rings. The van der Waals surface area contributed by atoms with Crippen LogP contribution in [-0.2, 0) is 6.42 Å². The molecule has 0 radical (unpaired) electrons. The third kappa shape index (κ3) is 2.49. The second kappa shape index (κ2) is 5.41. The van der Waals surface area contributed by atoms with Gasteiger partial charge >= 0.3 is 0 Å². The zero-order chi connectivity index (χ0) is 15.0. The number of hydrogen-bond acceptors (Lipinski definition) is 2. The fourth-order valence-electron chi connectivity index (χ4n) is 2.39. The summed E-state index contributed by atoms with van der Waals surface area (Å²) >= 11 is 3.09. The van der Waals surface area contributed by atoms with Gasteiger partial charge in [0.05, 0.1) is 4.47 Å². The standard InChI is InChI=1S/C16H11BrFNO2/c17-14-11(2-1-3-13(14)18)15(20)10-5-4-9-6-7-19-16(21)12(9)8-10/h1-5,8H,6-7H2,(H,19,21). The maximum absolute atomic E-state index is 13.5. The number of carbonyl (C=O) groups excluding carboxylic acids is 2. The van der Waals surface area contributed by atoms with Gasteiger partial charge in [-0.15, -0.1) is 0 Å². The van der Waals surface area contributed by atoms with Gasteiger partial charge in [0.25, 0.3) is 5.91 Å². The van der Waals surface area contributed by atoms with E-state index >= 15 is 0 Å². The highest BCUT2D eigenvalue weighted by molar-refractivity contribution is 9.10. The van der Waals surface area contributed by atoms with Crippen LogP contribution in [0.1, 0.15) is 31.8 Å². The minimum atomic E-state index is -0.489. The van der Waals surface area contributed by atoms with Crippen LogP contribution in [-0.4, -0.2) is 18.2 Å². The number of hydrogen-bond donors (Lipinski definition) is 1. The molecule has 0 fully saturated rings. The highest BCUT2D eigenvalue weighted by Gasteiger charge is 2.20. The molecule has 1 aliphatic rings. The predicted molar refractivity (Wildman–Crippen MR) is 80.0 cm³/mol. The molecule has 106 valence electrons. The van der Waals surface area contributed by atoms with E-state index in [1.807, 2.05) is 0 Å². The predicted octanol–water partition coefficient (Wildman–Crippen LogP) is 3.11. The van der Waals surface area contributed by atoms with Crippen molar-refractivity contribution in [1.82, 2.24) is 5.32 Å². The Morgan fingerprint density at radius 2 is 2.05 bits per heavy atom. The van der Waals surface area contributed by atoms with Crippen LogP contribution in [0.15, 0.2) is 40.9 Å². The Morgan fingerprint density at radius 1 is 1.24 bits per heavy atom. The summed E-state index contributed by atoms with van der Waals surface area (Å²) < 4.78 is 13.7. The molecule has 3 nitrogen and oxygen atoms in total. The van der Waals surface area contributed by atoms with Crippen LogP contribution in [0.2, 0.25) is 0 Å². The van der Waals surface area contributed by atoms with Crippen LogP contribution in [0.3, 0.4) is 0 Å². The maximum Gasteiger partial charge on any atom is 0.251 e. The first kappa shape index (κ1) is 13.9. The van der Waals surface area contributed by atoms with E-state index in [9.17, 15) is 14.0 Å². The normalized spacial score (nSPS) is 13.5. The first-order valence-electron chi connectivity index (χ1n) is 6.48. The van der Waals surface area contributed by atoms with Gasteiger partial charge in [-0.05, 0) is 46.1 Å². The number of amides is 1. The molecule has 0 saturated heterocycles. The SMILES string of the molecule is O=C1NCCc2ccc(C(=O)c3cccc(F)c3Br)cc21. The van der Waals surface area contributed by atoms with Crippen LogP contribution in [0.25, 0.3) is 0 Å². The average Bonchev–Trinajstić information content (AvgIpc) is 2.49. The van der Waals surface area contributed by atoms with Crippen molar-refractivity contribution in [3.05, 3.63) is 68.9 Å². The molecule has 0 atom stereocenters. The Labute approximate surface area is 129 Å². The summed E-state index contributed by atoms with van der Waals surface area (Å²) in [6.45, 7) is 0.606. The molecule has 0 aromatic heterocycles. The van der Waals surface area contributed by atoms with Crippen LogP contribution < -0.4 is 5.32 Å². The van der Waals surface area contributed by atoms with Crippen molar-refractivity contribution in [3.63, 3.8) is 0 Å². The molecule has 1 amide bonds. The molecule has 2 aromatic carbocycles. The van der Waals surface area contributed by atoms with Crippen molar-refractivity contribution >= 4 is 27.6 Å². The number of rotatable bonds is 2. The van der Waals surface area contributed by atoms with Gasteiger partial charge in [-0.3, -0.25) is 9.59 Å². The van der Waals surface area contributed by atoms with E-state index in [-0.39, 0.29) is 21.7 Å². The van der Waals surface area contributed by atoms with Gasteiger partial charge in [-0.1, -0.05) is 18.2 Å². The molecule has 0 unspecified atom stereocenters. The van der Waals surface area contributed by atoms with E-state index in [0.717, 1.165) is 12.0 Å². The van der Waals surface area contributed by atoms with E-state index < -0.39 is 5.82 Å². The van der Waals surface area contributed by atoms with Gasteiger partial charge in [0.15, 0.2) is 5.78 Å². The molecule has 3 rings (SSSR count). The van der Waals surface area contributed by atoms with Crippen molar-refractivity contribution in [1.29, 1.82) is 0 Å². The topological polar surface area (TPSA) is 46.2 Å². The van der Waals surface area contributed by atoms with Gasteiger partial charge in [-0.2, -0.15) is 0 Å². The highest BCUT2D eigenvalue weighted by atomic mass is 79.9. The minimum Gasteiger partial charge on any atom is -0.352 e. The van der Waals surface area contributed by atoms with Gasteiger partial charge in [-0.25, -0.2) is 4.39 Å². The second-order valence-corrected chi connectivity index (χ2v) is 5.60. The largest absolute Gasteiger partial charge is 0.352 e. The smallest absolute Gasteiger partial charge is 0.251 e. The number of nitrogens with one attached hydrogen (secondary N) is 1. The van der Waals surface area contributed by atoms with Crippen LogP contribution in [0.4, 0.5) is 4.39 Å². The lowest BCUT2D eigenvalue weighted by Crippen LogP contribution is -2.32. The van der Waals surface area contributed by atoms with Crippen LogP contribution >= 0.6 is 15.9 Å². The molecular weight excluding hydrogens is 337 g/mol. The van der Waals surface area contributed by atoms with Gasteiger partial charge < -0.3 is 5.32 Å². The van der Waals surface area contributed by atoms with Crippen molar-refractivity contribution < 1.29 is 14.0 Å². The highest BCUT2D eigenvalue weighted by Crippen LogP contribution is 2.24. The fraction of sp³-hybridized carbons (Fsp3) is 0.125. The van der Waals surface area contributed by atoms with E-state index in [1.54, 1.807) is 24.3 Å². The first-order valence-corrected chi connectivity index (χ1v) is 7.27. The zero-order valence-corrected chi connectivity index (χ0v) is 12.5. The Balaban J connectivity index is 2.05. The van der Waals surface area contributed by atoms with Crippen molar-refractivity contribution in [2.24, 2.45) is 0 Å². The lowest BCUT2D eigenvalue weighted by Gasteiger charge is -2.17. The molecule has 0 saturated carbocycles. The quantitative estimate of drug-likeness (QED) is 0.848. The Morgan fingerprint density at radius 3 is 2.86 bits per heavy atom. The lowest BCUT2D eigenvalue weighted by atomic mass is 9.94. The van der Waals surface area contributed by atoms with Crippen molar-refractivity contribution in [2.45, 2.75) is 6.42 Å².